The molecule has 0 unspecified atom stereocenters. The number of unbranched alkanes of at least 4 members (excludes halogenated alkanes) is 1. The summed E-state index contributed by atoms with van der Waals surface area (Å²) in [5, 5.41) is 3.08. The lowest BCUT2D eigenvalue weighted by Crippen LogP contribution is -2.35. The minimum Gasteiger partial charge on any atom is -0.385 e. The Balaban J connectivity index is 2.19. The molecule has 0 aliphatic carbocycles. The molecule has 0 atom stereocenters. The first-order valence-electron chi connectivity index (χ1n) is 8.29. The maximum atomic E-state index is 12.2. The summed E-state index contributed by atoms with van der Waals surface area (Å²) in [6.07, 6.45) is 1.51. The molecule has 0 saturated carbocycles. The van der Waals surface area contributed by atoms with Gasteiger partial charge in [-0.2, -0.15) is 0 Å². The van der Waals surface area contributed by atoms with Crippen molar-refractivity contribution in [3.8, 4) is 0 Å². The second kappa shape index (κ2) is 8.48. The number of allylic oxidation sites excluding steroid dienone is 1. The van der Waals surface area contributed by atoms with Crippen LogP contribution in [0.3, 0.4) is 0 Å². The number of hydrogen-bond donors (Lipinski definition) is 2. The van der Waals surface area contributed by atoms with Crippen molar-refractivity contribution in [2.24, 2.45) is 0 Å². The molecule has 2 rings (SSSR count). The number of nitrogens with one attached hydrogen (secondary N) is 2. The SMILES string of the molecule is C=C(C)c1cc(Nc2cc(=O)n(CCCCOC)c(=O)[nH]2)ccc1C. The summed E-state index contributed by atoms with van der Waals surface area (Å²) in [5.74, 6) is 0.375. The predicted octanol–water partition coefficient (Wildman–Crippen LogP) is 3.05. The fourth-order valence-corrected chi connectivity index (χ4v) is 2.63. The van der Waals surface area contributed by atoms with Gasteiger partial charge in [-0.1, -0.05) is 18.2 Å². The van der Waals surface area contributed by atoms with Crippen molar-refractivity contribution in [3.63, 3.8) is 0 Å². The number of benzene rings is 1. The van der Waals surface area contributed by atoms with Crippen molar-refractivity contribution < 1.29 is 4.74 Å². The van der Waals surface area contributed by atoms with Gasteiger partial charge in [-0.15, -0.1) is 0 Å². The van der Waals surface area contributed by atoms with Crippen molar-refractivity contribution >= 4 is 17.1 Å². The standard InChI is InChI=1S/C19H25N3O3/c1-13(2)16-11-15(8-7-14(16)3)20-17-12-18(23)22(19(24)21-17)9-5-6-10-25-4/h7-8,11-12,20H,1,5-6,9-10H2,2-4H3,(H,21,24). The summed E-state index contributed by atoms with van der Waals surface area (Å²) < 4.78 is 6.17. The fraction of sp³-hybridized carbons (Fsp3) is 0.368. The molecule has 6 nitrogen and oxygen atoms in total. The van der Waals surface area contributed by atoms with E-state index in [4.69, 9.17) is 4.74 Å². The number of methoxy groups -OCH3 is 1. The third-order valence-electron chi connectivity index (χ3n) is 3.98. The van der Waals surface area contributed by atoms with Crippen LogP contribution in [-0.2, 0) is 11.3 Å². The zero-order chi connectivity index (χ0) is 18.4. The number of rotatable bonds is 8. The molecule has 0 radical (unpaired) electrons. The summed E-state index contributed by atoms with van der Waals surface area (Å²) in [7, 11) is 1.63. The van der Waals surface area contributed by atoms with Gasteiger partial charge < -0.3 is 10.1 Å². The molecule has 0 saturated heterocycles. The predicted molar refractivity (Wildman–Crippen MR) is 102 cm³/mol. The van der Waals surface area contributed by atoms with Gasteiger partial charge in [-0.25, -0.2) is 4.79 Å². The summed E-state index contributed by atoms with van der Waals surface area (Å²) in [6, 6.07) is 7.22. The van der Waals surface area contributed by atoms with Gasteiger partial charge in [-0.05, 0) is 49.9 Å². The largest absolute Gasteiger partial charge is 0.385 e. The zero-order valence-electron chi connectivity index (χ0n) is 15.0. The summed E-state index contributed by atoms with van der Waals surface area (Å²) in [4.78, 5) is 27.1. The molecule has 1 aromatic carbocycles. The molecule has 2 aromatic rings. The maximum absolute atomic E-state index is 12.2. The summed E-state index contributed by atoms with van der Waals surface area (Å²) >= 11 is 0. The molecule has 0 amide bonds. The number of aryl methyl sites for hydroxylation is 1. The highest BCUT2D eigenvalue weighted by Crippen LogP contribution is 2.22. The number of aromatic nitrogens is 2. The topological polar surface area (TPSA) is 76.1 Å². The van der Waals surface area contributed by atoms with Crippen LogP contribution in [0.15, 0.2) is 40.4 Å². The van der Waals surface area contributed by atoms with Crippen molar-refractivity contribution in [3.05, 3.63) is 62.8 Å². The molecule has 25 heavy (non-hydrogen) atoms. The minimum atomic E-state index is -0.417. The fourth-order valence-electron chi connectivity index (χ4n) is 2.63. The molecule has 0 aliphatic rings. The van der Waals surface area contributed by atoms with E-state index in [9.17, 15) is 9.59 Å². The van der Waals surface area contributed by atoms with Gasteiger partial charge in [0.25, 0.3) is 5.56 Å². The van der Waals surface area contributed by atoms with Crippen molar-refractivity contribution in [1.29, 1.82) is 0 Å². The molecule has 0 fully saturated rings. The summed E-state index contributed by atoms with van der Waals surface area (Å²) in [5.41, 5.74) is 3.17. The van der Waals surface area contributed by atoms with E-state index in [2.05, 4.69) is 16.9 Å². The Kier molecular flexibility index (Phi) is 6.36. The van der Waals surface area contributed by atoms with Gasteiger partial charge >= 0.3 is 5.69 Å². The van der Waals surface area contributed by atoms with E-state index in [-0.39, 0.29) is 5.56 Å². The average Bonchev–Trinajstić information content (AvgIpc) is 2.55. The van der Waals surface area contributed by atoms with Crippen LogP contribution in [0.5, 0.6) is 0 Å². The second-order valence-electron chi connectivity index (χ2n) is 6.11. The van der Waals surface area contributed by atoms with Gasteiger partial charge in [0.15, 0.2) is 0 Å². The van der Waals surface area contributed by atoms with Gasteiger partial charge in [0.1, 0.15) is 5.82 Å². The Morgan fingerprint density at radius 2 is 2.04 bits per heavy atom. The van der Waals surface area contributed by atoms with E-state index in [0.717, 1.165) is 28.8 Å². The molecule has 1 aromatic heterocycles. The smallest absolute Gasteiger partial charge is 0.329 e. The third kappa shape index (κ3) is 4.93. The van der Waals surface area contributed by atoms with E-state index in [1.807, 2.05) is 32.0 Å². The first-order valence-corrected chi connectivity index (χ1v) is 8.29. The van der Waals surface area contributed by atoms with E-state index >= 15 is 0 Å². The Labute approximate surface area is 147 Å². The maximum Gasteiger partial charge on any atom is 0.329 e. The van der Waals surface area contributed by atoms with Crippen molar-refractivity contribution in [1.82, 2.24) is 9.55 Å². The molecule has 1 heterocycles. The lowest BCUT2D eigenvalue weighted by atomic mass is 10.0. The van der Waals surface area contributed by atoms with Gasteiger partial charge in [0.05, 0.1) is 0 Å². The van der Waals surface area contributed by atoms with E-state index < -0.39 is 5.69 Å². The van der Waals surface area contributed by atoms with E-state index in [0.29, 0.717) is 25.4 Å². The average molecular weight is 343 g/mol. The molecular formula is C19H25N3O3. The highest BCUT2D eigenvalue weighted by atomic mass is 16.5. The molecule has 134 valence electrons. The molecule has 6 heteroatoms. The lowest BCUT2D eigenvalue weighted by molar-refractivity contribution is 0.191. The second-order valence-corrected chi connectivity index (χ2v) is 6.11. The Hall–Kier alpha value is -2.60. The van der Waals surface area contributed by atoms with Gasteiger partial charge in [-0.3, -0.25) is 14.3 Å². The monoisotopic (exact) mass is 343 g/mol. The Morgan fingerprint density at radius 1 is 1.28 bits per heavy atom. The van der Waals surface area contributed by atoms with Crippen molar-refractivity contribution in [2.45, 2.75) is 33.2 Å². The van der Waals surface area contributed by atoms with Crippen LogP contribution in [0.2, 0.25) is 0 Å². The Morgan fingerprint density at radius 3 is 2.68 bits per heavy atom. The number of hydrogen-bond acceptors (Lipinski definition) is 4. The number of ether oxygens (including phenoxy) is 1. The molecule has 0 aliphatic heterocycles. The first kappa shape index (κ1) is 18.7. The van der Waals surface area contributed by atoms with E-state index in [1.165, 1.54) is 10.6 Å². The highest BCUT2D eigenvalue weighted by molar-refractivity contribution is 5.70. The minimum absolute atomic E-state index is 0.323. The molecule has 2 N–H and O–H groups in total. The van der Waals surface area contributed by atoms with Crippen LogP contribution >= 0.6 is 0 Å². The van der Waals surface area contributed by atoms with Gasteiger partial charge in [0, 0.05) is 32.0 Å². The Bertz CT molecular complexity index is 834. The normalized spacial score (nSPS) is 10.7. The third-order valence-corrected chi connectivity index (χ3v) is 3.98. The van der Waals surface area contributed by atoms with Crippen LogP contribution in [0.1, 0.15) is 30.9 Å². The number of anilines is 2. The number of nitrogens with zero attached hydrogens (tertiary/aromatic N) is 1. The van der Waals surface area contributed by atoms with Crippen LogP contribution in [0.25, 0.3) is 5.57 Å². The van der Waals surface area contributed by atoms with Crippen LogP contribution in [-0.4, -0.2) is 23.3 Å². The van der Waals surface area contributed by atoms with Crippen molar-refractivity contribution in [2.75, 3.05) is 19.0 Å². The quantitative estimate of drug-likeness (QED) is 0.722. The lowest BCUT2D eigenvalue weighted by Gasteiger charge is -2.11. The summed E-state index contributed by atoms with van der Waals surface area (Å²) in [6.45, 7) is 8.92. The van der Waals surface area contributed by atoms with Crippen LogP contribution in [0, 0.1) is 6.92 Å². The van der Waals surface area contributed by atoms with Crippen LogP contribution < -0.4 is 16.6 Å². The molecular weight excluding hydrogens is 318 g/mol. The number of aromatic amines is 1. The molecule has 0 spiro atoms. The molecule has 0 bridgehead atoms. The van der Waals surface area contributed by atoms with E-state index in [1.54, 1.807) is 7.11 Å². The zero-order valence-corrected chi connectivity index (χ0v) is 15.0. The highest BCUT2D eigenvalue weighted by Gasteiger charge is 2.06. The van der Waals surface area contributed by atoms with Crippen LogP contribution in [0.4, 0.5) is 11.5 Å². The first-order chi connectivity index (χ1) is 11.9. The van der Waals surface area contributed by atoms with Gasteiger partial charge in [0.2, 0.25) is 0 Å². The number of H-pyrrole nitrogens is 1.